The molecule has 0 heterocycles. The van der Waals surface area contributed by atoms with Crippen molar-refractivity contribution < 1.29 is 9.90 Å². The average molecular weight is 331 g/mol. The largest absolute Gasteiger partial charge is 0.393 e. The van der Waals surface area contributed by atoms with Crippen LogP contribution in [0, 0.1) is 40.4 Å². The second-order valence-corrected chi connectivity index (χ2v) is 9.88. The molecular formula is C22H34O2. The van der Waals surface area contributed by atoms with E-state index in [4.69, 9.17) is 0 Å². The third-order valence-electron chi connectivity index (χ3n) is 9.00. The number of aldehydes is 1. The van der Waals surface area contributed by atoms with Gasteiger partial charge in [0.25, 0.3) is 0 Å². The summed E-state index contributed by atoms with van der Waals surface area (Å²) in [6.45, 7) is 7.13. The third-order valence-corrected chi connectivity index (χ3v) is 9.00. The molecule has 0 aromatic carbocycles. The monoisotopic (exact) mass is 330 g/mol. The number of fused-ring (bicyclic) bond motifs is 5. The molecule has 0 aromatic rings. The van der Waals surface area contributed by atoms with Gasteiger partial charge in [-0.1, -0.05) is 32.4 Å². The molecule has 8 atom stereocenters. The van der Waals surface area contributed by atoms with E-state index in [9.17, 15) is 9.90 Å². The molecule has 1 N–H and O–H groups in total. The number of rotatable bonds is 2. The molecule has 4 aliphatic rings. The summed E-state index contributed by atoms with van der Waals surface area (Å²) in [4.78, 5) is 11.4. The lowest BCUT2D eigenvalue weighted by Gasteiger charge is -2.58. The van der Waals surface area contributed by atoms with Gasteiger partial charge in [0.2, 0.25) is 0 Å². The van der Waals surface area contributed by atoms with Crippen LogP contribution in [0.25, 0.3) is 0 Å². The predicted molar refractivity (Wildman–Crippen MR) is 96.4 cm³/mol. The van der Waals surface area contributed by atoms with E-state index in [-0.39, 0.29) is 12.0 Å². The van der Waals surface area contributed by atoms with E-state index >= 15 is 0 Å². The summed E-state index contributed by atoms with van der Waals surface area (Å²) < 4.78 is 0. The Morgan fingerprint density at radius 2 is 1.96 bits per heavy atom. The Morgan fingerprint density at radius 3 is 2.71 bits per heavy atom. The lowest BCUT2D eigenvalue weighted by atomic mass is 9.47. The Hall–Kier alpha value is -0.630. The third kappa shape index (κ3) is 2.21. The minimum Gasteiger partial charge on any atom is -0.393 e. The van der Waals surface area contributed by atoms with Crippen LogP contribution in [0.15, 0.2) is 11.6 Å². The zero-order valence-electron chi connectivity index (χ0n) is 15.6. The summed E-state index contributed by atoms with van der Waals surface area (Å²) >= 11 is 0. The SMILES string of the molecule is C[C@H](C=O)[C@@H]1CC[C@H]2[C@@H]3CC=C4C[C@@H](O)CC[C@@]4(C)[C@H]3CC[C@@]21C. The van der Waals surface area contributed by atoms with Crippen molar-refractivity contribution in [1.82, 2.24) is 0 Å². The number of aliphatic hydroxyl groups is 1. The molecule has 4 aliphatic carbocycles. The summed E-state index contributed by atoms with van der Waals surface area (Å²) in [6.07, 6.45) is 13.0. The summed E-state index contributed by atoms with van der Waals surface area (Å²) in [7, 11) is 0. The first-order valence-electron chi connectivity index (χ1n) is 10.2. The quantitative estimate of drug-likeness (QED) is 0.585. The number of carbonyl (C=O) groups is 1. The smallest absolute Gasteiger partial charge is 0.123 e. The Labute approximate surface area is 147 Å². The van der Waals surface area contributed by atoms with Gasteiger partial charge in [-0.25, -0.2) is 0 Å². The molecule has 2 nitrogen and oxygen atoms in total. The van der Waals surface area contributed by atoms with Crippen LogP contribution in [0.5, 0.6) is 0 Å². The topological polar surface area (TPSA) is 37.3 Å². The standard InChI is InChI=1S/C22H34O2/c1-14(13-23)18-6-7-19-17-5-4-15-12-16(24)8-10-21(15,2)20(17)9-11-22(18,19)3/h4,13-14,16-20,24H,5-12H2,1-3H3/t14-,16+,17+,18+,19+,20+,21-,22-/m1/s1. The number of carbonyl (C=O) groups excluding carboxylic acids is 1. The van der Waals surface area contributed by atoms with Crippen LogP contribution in [0.4, 0.5) is 0 Å². The van der Waals surface area contributed by atoms with Crippen LogP contribution in [0.2, 0.25) is 0 Å². The highest BCUT2D eigenvalue weighted by molar-refractivity contribution is 5.53. The molecule has 0 aliphatic heterocycles. The van der Waals surface area contributed by atoms with Crippen LogP contribution in [0.3, 0.4) is 0 Å². The van der Waals surface area contributed by atoms with Crippen molar-refractivity contribution in [3.63, 3.8) is 0 Å². The number of hydrogen-bond acceptors (Lipinski definition) is 2. The van der Waals surface area contributed by atoms with Crippen molar-refractivity contribution in [2.24, 2.45) is 40.4 Å². The van der Waals surface area contributed by atoms with Gasteiger partial charge in [0.05, 0.1) is 6.10 Å². The lowest BCUT2D eigenvalue weighted by Crippen LogP contribution is -2.50. The van der Waals surface area contributed by atoms with E-state index in [1.54, 1.807) is 5.57 Å². The molecule has 0 radical (unpaired) electrons. The summed E-state index contributed by atoms with van der Waals surface area (Å²) in [6, 6.07) is 0. The number of hydrogen-bond donors (Lipinski definition) is 1. The first-order chi connectivity index (χ1) is 11.4. The Balaban J connectivity index is 1.64. The maximum absolute atomic E-state index is 11.4. The molecular weight excluding hydrogens is 296 g/mol. The molecule has 134 valence electrons. The highest BCUT2D eigenvalue weighted by Crippen LogP contribution is 2.66. The van der Waals surface area contributed by atoms with Crippen molar-refractivity contribution in [2.45, 2.75) is 78.2 Å². The molecule has 0 unspecified atom stereocenters. The Morgan fingerprint density at radius 1 is 1.17 bits per heavy atom. The van der Waals surface area contributed by atoms with Crippen molar-refractivity contribution >= 4 is 6.29 Å². The Bertz CT molecular complexity index is 552. The van der Waals surface area contributed by atoms with Crippen LogP contribution in [0.1, 0.15) is 72.1 Å². The number of allylic oxidation sites excluding steroid dienone is 1. The fourth-order valence-electron chi connectivity index (χ4n) is 7.64. The molecule has 0 spiro atoms. The van der Waals surface area contributed by atoms with Gasteiger partial charge in [0.1, 0.15) is 6.29 Å². The van der Waals surface area contributed by atoms with Crippen LogP contribution >= 0.6 is 0 Å². The van der Waals surface area contributed by atoms with E-state index in [0.717, 1.165) is 30.6 Å². The minimum atomic E-state index is -0.112. The van der Waals surface area contributed by atoms with Crippen molar-refractivity contribution in [3.05, 3.63) is 11.6 Å². The van der Waals surface area contributed by atoms with E-state index in [1.165, 1.54) is 44.8 Å². The van der Waals surface area contributed by atoms with Gasteiger partial charge in [-0.15, -0.1) is 0 Å². The fraction of sp³-hybridized carbons (Fsp3) is 0.864. The van der Waals surface area contributed by atoms with Crippen LogP contribution in [-0.4, -0.2) is 17.5 Å². The van der Waals surface area contributed by atoms with Gasteiger partial charge >= 0.3 is 0 Å². The molecule has 0 aromatic heterocycles. The second-order valence-electron chi connectivity index (χ2n) is 9.88. The van der Waals surface area contributed by atoms with Crippen molar-refractivity contribution in [1.29, 1.82) is 0 Å². The van der Waals surface area contributed by atoms with Gasteiger partial charge < -0.3 is 9.90 Å². The maximum atomic E-state index is 11.4. The van der Waals surface area contributed by atoms with Gasteiger partial charge in [0.15, 0.2) is 0 Å². The summed E-state index contributed by atoms with van der Waals surface area (Å²) in [5, 5.41) is 10.1. The van der Waals surface area contributed by atoms with Crippen LogP contribution in [-0.2, 0) is 4.79 Å². The lowest BCUT2D eigenvalue weighted by molar-refractivity contribution is -0.115. The van der Waals surface area contributed by atoms with Gasteiger partial charge in [-0.2, -0.15) is 0 Å². The zero-order chi connectivity index (χ0) is 17.1. The summed E-state index contributed by atoms with van der Waals surface area (Å²) in [5.41, 5.74) is 2.26. The molecule has 4 rings (SSSR count). The average Bonchev–Trinajstić information content (AvgIpc) is 2.92. The second kappa shape index (κ2) is 5.69. The van der Waals surface area contributed by atoms with Crippen molar-refractivity contribution in [3.8, 4) is 0 Å². The van der Waals surface area contributed by atoms with E-state index in [1.807, 2.05) is 0 Å². The highest BCUT2D eigenvalue weighted by atomic mass is 16.3. The zero-order valence-corrected chi connectivity index (χ0v) is 15.6. The van der Waals surface area contributed by atoms with Crippen LogP contribution < -0.4 is 0 Å². The van der Waals surface area contributed by atoms with Gasteiger partial charge in [0, 0.05) is 5.92 Å². The fourth-order valence-corrected chi connectivity index (χ4v) is 7.64. The molecule has 0 saturated heterocycles. The highest BCUT2D eigenvalue weighted by Gasteiger charge is 2.59. The van der Waals surface area contributed by atoms with Crippen molar-refractivity contribution in [2.75, 3.05) is 0 Å². The molecule has 0 bridgehead atoms. The molecule has 3 fully saturated rings. The minimum absolute atomic E-state index is 0.112. The van der Waals surface area contributed by atoms with Gasteiger partial charge in [-0.3, -0.25) is 0 Å². The first kappa shape index (κ1) is 16.8. The normalized spacial score (nSPS) is 51.8. The molecule has 24 heavy (non-hydrogen) atoms. The Kier molecular flexibility index (Phi) is 3.99. The molecule has 0 amide bonds. The van der Waals surface area contributed by atoms with E-state index in [2.05, 4.69) is 26.8 Å². The molecule has 3 saturated carbocycles. The molecule has 2 heteroatoms. The van der Waals surface area contributed by atoms with E-state index in [0.29, 0.717) is 16.7 Å². The maximum Gasteiger partial charge on any atom is 0.123 e. The number of aliphatic hydroxyl groups excluding tert-OH is 1. The van der Waals surface area contributed by atoms with Gasteiger partial charge in [-0.05, 0) is 85.9 Å². The van der Waals surface area contributed by atoms with E-state index < -0.39 is 0 Å². The summed E-state index contributed by atoms with van der Waals surface area (Å²) in [5.74, 6) is 3.20. The first-order valence-corrected chi connectivity index (χ1v) is 10.2. The predicted octanol–water partition coefficient (Wildman–Crippen LogP) is 4.76.